The van der Waals surface area contributed by atoms with Crippen LogP contribution in [0, 0.1) is 19.3 Å². The maximum atomic E-state index is 12.7. The topological polar surface area (TPSA) is 83.0 Å². The maximum absolute atomic E-state index is 12.7. The Morgan fingerprint density at radius 2 is 1.88 bits per heavy atom. The molecule has 7 nitrogen and oxygen atoms in total. The number of ether oxygens (including phenoxy) is 1. The fraction of sp³-hybridized carbons (Fsp3) is 0.231. The number of benzene rings is 2. The van der Waals surface area contributed by atoms with Gasteiger partial charge in [0.1, 0.15) is 5.75 Å². The van der Waals surface area contributed by atoms with E-state index in [-0.39, 0.29) is 11.4 Å². The fourth-order valence-electron chi connectivity index (χ4n) is 4.26. The molecule has 0 saturated carbocycles. The minimum Gasteiger partial charge on any atom is -0.494 e. The van der Waals surface area contributed by atoms with Crippen LogP contribution in [0.15, 0.2) is 64.3 Å². The van der Waals surface area contributed by atoms with Crippen molar-refractivity contribution in [2.45, 2.75) is 33.7 Å². The Hall–Kier alpha value is -3.65. The van der Waals surface area contributed by atoms with Crippen molar-refractivity contribution in [1.29, 1.82) is 5.41 Å². The highest BCUT2D eigenvalue weighted by molar-refractivity contribution is 8.26. The smallest absolute Gasteiger partial charge is 0.283 e. The second kappa shape index (κ2) is 8.95. The van der Waals surface area contributed by atoms with Gasteiger partial charge in [0.2, 0.25) is 5.17 Å². The zero-order valence-corrected chi connectivity index (χ0v) is 20.1. The molecule has 0 fully saturated rings. The molecule has 0 radical (unpaired) electrons. The SMILES string of the molecule is CC1=NN2C(=N)/C(=C/c3cn(CCCOc4cc(C)cc(C)c4)c4ccccc34)C(=O)N=C2S1. The highest BCUT2D eigenvalue weighted by atomic mass is 32.2. The van der Waals surface area contributed by atoms with Crippen molar-refractivity contribution in [3.05, 3.63) is 70.9 Å². The third-order valence-corrected chi connectivity index (χ3v) is 6.51. The molecule has 2 aromatic carbocycles. The van der Waals surface area contributed by atoms with Crippen LogP contribution in [-0.4, -0.2) is 38.1 Å². The lowest BCUT2D eigenvalue weighted by Gasteiger charge is -2.20. The molecule has 0 atom stereocenters. The van der Waals surface area contributed by atoms with Crippen LogP contribution in [0.4, 0.5) is 0 Å². The summed E-state index contributed by atoms with van der Waals surface area (Å²) in [5.74, 6) is 0.540. The van der Waals surface area contributed by atoms with Crippen molar-refractivity contribution in [1.82, 2.24) is 9.58 Å². The van der Waals surface area contributed by atoms with Crippen LogP contribution in [0.25, 0.3) is 17.0 Å². The van der Waals surface area contributed by atoms with Gasteiger partial charge in [0, 0.05) is 29.2 Å². The Morgan fingerprint density at radius 3 is 2.68 bits per heavy atom. The standard InChI is InChI=1S/C26H25N5O2S/c1-16-11-17(2)13-20(12-16)33-10-6-9-30-15-19(21-7-4-5-8-23(21)30)14-22-24(27)31-26(28-25(22)32)34-18(3)29-31/h4-5,7-8,11-15,27H,6,9-10H2,1-3H3/b22-14-,27-24?. The van der Waals surface area contributed by atoms with Crippen LogP contribution < -0.4 is 4.74 Å². The number of aryl methyl sites for hydroxylation is 3. The average Bonchev–Trinajstić information content (AvgIpc) is 3.33. The largest absolute Gasteiger partial charge is 0.494 e. The van der Waals surface area contributed by atoms with Crippen LogP contribution in [0.5, 0.6) is 5.75 Å². The molecule has 0 saturated heterocycles. The first-order chi connectivity index (χ1) is 16.4. The van der Waals surface area contributed by atoms with Gasteiger partial charge in [-0.15, -0.1) is 0 Å². The Bertz CT molecular complexity index is 1400. The van der Waals surface area contributed by atoms with Gasteiger partial charge in [-0.2, -0.15) is 15.1 Å². The second-order valence-electron chi connectivity index (χ2n) is 8.46. The molecule has 0 aliphatic carbocycles. The molecule has 0 bridgehead atoms. The highest BCUT2D eigenvalue weighted by Gasteiger charge is 2.34. The van der Waals surface area contributed by atoms with Gasteiger partial charge in [0.25, 0.3) is 5.91 Å². The van der Waals surface area contributed by atoms with Gasteiger partial charge in [-0.3, -0.25) is 10.2 Å². The van der Waals surface area contributed by atoms with Gasteiger partial charge < -0.3 is 9.30 Å². The van der Waals surface area contributed by atoms with E-state index in [1.54, 1.807) is 6.08 Å². The van der Waals surface area contributed by atoms with Crippen LogP contribution in [0.2, 0.25) is 0 Å². The molecular formula is C26H25N5O2S. The fourth-order valence-corrected chi connectivity index (χ4v) is 4.99. The Labute approximate surface area is 202 Å². The lowest BCUT2D eigenvalue weighted by molar-refractivity contribution is -0.114. The van der Waals surface area contributed by atoms with E-state index in [4.69, 9.17) is 10.1 Å². The molecule has 2 aliphatic heterocycles. The predicted octanol–water partition coefficient (Wildman–Crippen LogP) is 5.37. The molecule has 0 unspecified atom stereocenters. The molecule has 172 valence electrons. The van der Waals surface area contributed by atoms with E-state index in [2.05, 4.69) is 52.8 Å². The molecule has 0 spiro atoms. The number of amides is 1. The molecule has 8 heteroatoms. The van der Waals surface area contributed by atoms with Gasteiger partial charge in [-0.05, 0) is 74.4 Å². The molecule has 3 heterocycles. The summed E-state index contributed by atoms with van der Waals surface area (Å²) in [6.45, 7) is 7.36. The molecule has 1 N–H and O–H groups in total. The number of aromatic nitrogens is 1. The normalized spacial score (nSPS) is 16.8. The van der Waals surface area contributed by atoms with E-state index >= 15 is 0 Å². The molecule has 3 aromatic rings. The van der Waals surface area contributed by atoms with Crippen molar-refractivity contribution < 1.29 is 9.53 Å². The molecule has 34 heavy (non-hydrogen) atoms. The number of hydrogen-bond acceptors (Lipinski definition) is 5. The van der Waals surface area contributed by atoms with E-state index in [9.17, 15) is 4.79 Å². The minimum absolute atomic E-state index is 0.0537. The summed E-state index contributed by atoms with van der Waals surface area (Å²) in [7, 11) is 0. The van der Waals surface area contributed by atoms with Crippen LogP contribution >= 0.6 is 11.8 Å². The highest BCUT2D eigenvalue weighted by Crippen LogP contribution is 2.30. The number of nitrogens with zero attached hydrogens (tertiary/aromatic N) is 4. The maximum Gasteiger partial charge on any atom is 0.283 e. The van der Waals surface area contributed by atoms with Gasteiger partial charge >= 0.3 is 0 Å². The lowest BCUT2D eigenvalue weighted by atomic mass is 10.1. The summed E-state index contributed by atoms with van der Waals surface area (Å²) in [4.78, 5) is 16.8. The Morgan fingerprint density at radius 1 is 1.12 bits per heavy atom. The number of hydrogen-bond donors (Lipinski definition) is 1. The number of nitrogens with one attached hydrogen (secondary N) is 1. The molecular weight excluding hydrogens is 446 g/mol. The summed E-state index contributed by atoms with van der Waals surface area (Å²) in [6.07, 6.45) is 4.62. The van der Waals surface area contributed by atoms with Gasteiger partial charge in [-0.25, -0.2) is 0 Å². The number of para-hydroxylation sites is 1. The minimum atomic E-state index is -0.410. The van der Waals surface area contributed by atoms with Gasteiger partial charge in [0.15, 0.2) is 5.84 Å². The second-order valence-corrected chi connectivity index (χ2v) is 9.62. The summed E-state index contributed by atoms with van der Waals surface area (Å²) in [5.41, 5.74) is 4.58. The van der Waals surface area contributed by atoms with Gasteiger partial charge in [-0.1, -0.05) is 24.3 Å². The third kappa shape index (κ3) is 4.28. The molecule has 1 amide bonds. The number of thioether (sulfide) groups is 1. The molecule has 1 aromatic heterocycles. The number of carbonyl (C=O) groups excluding carboxylic acids is 1. The van der Waals surface area contributed by atoms with Crippen LogP contribution in [0.1, 0.15) is 30.0 Å². The molecule has 5 rings (SSSR count). The third-order valence-electron chi connectivity index (χ3n) is 5.68. The van der Waals surface area contributed by atoms with E-state index in [0.29, 0.717) is 11.8 Å². The van der Waals surface area contributed by atoms with Crippen molar-refractivity contribution >= 4 is 50.7 Å². The van der Waals surface area contributed by atoms with Crippen molar-refractivity contribution in [2.24, 2.45) is 10.1 Å². The van der Waals surface area contributed by atoms with Crippen molar-refractivity contribution in [3.8, 4) is 5.75 Å². The van der Waals surface area contributed by atoms with E-state index in [1.165, 1.54) is 27.9 Å². The number of aliphatic imine (C=N–C) groups is 1. The number of carbonyl (C=O) groups is 1. The first-order valence-electron chi connectivity index (χ1n) is 11.1. The first-order valence-corrected chi connectivity index (χ1v) is 12.0. The lowest BCUT2D eigenvalue weighted by Crippen LogP contribution is -2.35. The summed E-state index contributed by atoms with van der Waals surface area (Å²) in [5, 5.41) is 16.5. The van der Waals surface area contributed by atoms with Crippen LogP contribution in [0.3, 0.4) is 0 Å². The predicted molar refractivity (Wildman–Crippen MR) is 139 cm³/mol. The quantitative estimate of drug-likeness (QED) is 0.387. The van der Waals surface area contributed by atoms with E-state index in [0.717, 1.165) is 40.2 Å². The Balaban J connectivity index is 1.37. The summed E-state index contributed by atoms with van der Waals surface area (Å²) >= 11 is 1.30. The number of rotatable bonds is 6. The number of amidine groups is 2. The van der Waals surface area contributed by atoms with Gasteiger partial charge in [0.05, 0.1) is 17.2 Å². The van der Waals surface area contributed by atoms with E-state index < -0.39 is 5.91 Å². The zero-order chi connectivity index (χ0) is 23.8. The average molecular weight is 472 g/mol. The summed E-state index contributed by atoms with van der Waals surface area (Å²) < 4.78 is 8.15. The van der Waals surface area contributed by atoms with Crippen molar-refractivity contribution in [3.63, 3.8) is 0 Å². The number of hydrazone groups is 1. The number of fused-ring (bicyclic) bond motifs is 2. The van der Waals surface area contributed by atoms with Crippen LogP contribution in [-0.2, 0) is 11.3 Å². The Kier molecular flexibility index (Phi) is 5.83. The zero-order valence-electron chi connectivity index (χ0n) is 19.3. The van der Waals surface area contributed by atoms with E-state index in [1.807, 2.05) is 31.3 Å². The van der Waals surface area contributed by atoms with Crippen molar-refractivity contribution in [2.75, 3.05) is 6.61 Å². The molecule has 2 aliphatic rings. The summed E-state index contributed by atoms with van der Waals surface area (Å²) in [6, 6.07) is 14.3. The monoisotopic (exact) mass is 471 g/mol. The first kappa shape index (κ1) is 22.2.